The smallest absolute Gasteiger partial charge is 0.329 e. The number of hydrogen-bond donors (Lipinski definition) is 3. The molecule has 14 nitrogen and oxygen atoms in total. The highest BCUT2D eigenvalue weighted by atomic mass is 32.1. The van der Waals surface area contributed by atoms with Gasteiger partial charge in [0.2, 0.25) is 11.8 Å². The Morgan fingerprint density at radius 2 is 1.72 bits per heavy atom. The molecule has 15 heteroatoms. The van der Waals surface area contributed by atoms with Gasteiger partial charge in [-0.15, -0.1) is 11.3 Å². The number of aromatic nitrogens is 4. The second kappa shape index (κ2) is 12.5. The van der Waals surface area contributed by atoms with Gasteiger partial charge in [0, 0.05) is 87.1 Å². The third kappa shape index (κ3) is 5.37. The van der Waals surface area contributed by atoms with Crippen LogP contribution in [-0.4, -0.2) is 99.6 Å². The van der Waals surface area contributed by atoms with Crippen molar-refractivity contribution < 1.29 is 14.4 Å². The number of benzene rings is 2. The Kier molecular flexibility index (Phi) is 7.77. The number of hydrogen-bond acceptors (Lipinski definition) is 11. The molecule has 5 aliphatic rings. The number of imidazole rings is 1. The molecule has 1 spiro atoms. The number of amides is 3. The van der Waals surface area contributed by atoms with Crippen LogP contribution in [0.3, 0.4) is 0 Å². The number of imide groups is 1. The lowest BCUT2D eigenvalue weighted by molar-refractivity contribution is -0.135. The highest BCUT2D eigenvalue weighted by molar-refractivity contribution is 7.21. The van der Waals surface area contributed by atoms with E-state index in [2.05, 4.69) is 48.8 Å². The van der Waals surface area contributed by atoms with E-state index in [-0.39, 0.29) is 30.0 Å². The molecule has 1 unspecified atom stereocenters. The van der Waals surface area contributed by atoms with E-state index in [4.69, 9.17) is 9.97 Å². The summed E-state index contributed by atoms with van der Waals surface area (Å²) in [6.07, 6.45) is 7.26. The summed E-state index contributed by atoms with van der Waals surface area (Å²) >= 11 is 1.50. The highest BCUT2D eigenvalue weighted by Crippen LogP contribution is 2.51. The fourth-order valence-electron chi connectivity index (χ4n) is 9.67. The highest BCUT2D eigenvalue weighted by Gasteiger charge is 2.48. The maximum Gasteiger partial charge on any atom is 0.329 e. The summed E-state index contributed by atoms with van der Waals surface area (Å²) in [6.45, 7) is 8.51. The van der Waals surface area contributed by atoms with Gasteiger partial charge in [-0.05, 0) is 74.8 Å². The van der Waals surface area contributed by atoms with Crippen LogP contribution in [0, 0.1) is 5.41 Å². The Morgan fingerprint density at radius 3 is 2.50 bits per heavy atom. The van der Waals surface area contributed by atoms with E-state index >= 15 is 0 Å². The summed E-state index contributed by atoms with van der Waals surface area (Å²) in [7, 11) is 1.75. The topological polar surface area (TPSA) is 150 Å². The number of carbonyl (C=O) groups excluding carboxylic acids is 3. The molecule has 3 aromatic heterocycles. The molecule has 7 heterocycles. The standard InChI is InChI=1S/C39H44N10O4S/c1-22-20-40-34-32-29(54-35(34)37(52)42-22)7-4-25-33(32)41-21-30(43-25)48-15-13-47(14-16-48)24-18-39(19-24)9-11-46(12-10-39)23-3-5-26-28(17-23)45(2)38(53)49(26)27-6-8-31(50)44-36(27)51/h3-5,7,17,21-22,24,27,40H,6,8-16,18-20H2,1-2H3,(H,42,52)(H,44,50,51)/t22-,27?/m1/s1. The minimum Gasteiger partial charge on any atom is -0.381 e. The monoisotopic (exact) mass is 748 g/mol. The summed E-state index contributed by atoms with van der Waals surface area (Å²) in [5.74, 6) is 0.174. The Bertz CT molecular complexity index is 2430. The van der Waals surface area contributed by atoms with Crippen LogP contribution in [0.1, 0.15) is 61.2 Å². The average Bonchev–Trinajstić information content (AvgIpc) is 3.62. The Morgan fingerprint density at radius 1 is 0.926 bits per heavy atom. The van der Waals surface area contributed by atoms with Gasteiger partial charge in [0.1, 0.15) is 16.7 Å². The zero-order valence-corrected chi connectivity index (χ0v) is 31.4. The number of carbonyl (C=O) groups is 3. The molecule has 2 atom stereocenters. The lowest BCUT2D eigenvalue weighted by Gasteiger charge is -2.56. The number of nitrogens with zero attached hydrogens (tertiary/aromatic N) is 7. The van der Waals surface area contributed by atoms with Crippen molar-refractivity contribution in [2.75, 3.05) is 60.9 Å². The molecule has 2 aromatic carbocycles. The molecule has 4 fully saturated rings. The summed E-state index contributed by atoms with van der Waals surface area (Å²) in [5.41, 5.74) is 5.34. The first-order chi connectivity index (χ1) is 26.1. The van der Waals surface area contributed by atoms with Crippen molar-refractivity contribution >= 4 is 78.4 Å². The van der Waals surface area contributed by atoms with E-state index in [0.717, 1.165) is 101 Å². The Hall–Kier alpha value is -5.02. The lowest BCUT2D eigenvalue weighted by Crippen LogP contribution is -2.59. The van der Waals surface area contributed by atoms with Gasteiger partial charge in [-0.25, -0.2) is 14.8 Å². The zero-order valence-electron chi connectivity index (χ0n) is 30.6. The minimum atomic E-state index is -0.676. The number of aryl methyl sites for hydroxylation is 1. The second-order valence-corrected chi connectivity index (χ2v) is 17.1. The molecule has 54 heavy (non-hydrogen) atoms. The number of rotatable bonds is 4. The second-order valence-electron chi connectivity index (χ2n) is 16.0. The molecule has 5 aromatic rings. The normalized spacial score (nSPS) is 23.7. The predicted octanol–water partition coefficient (Wildman–Crippen LogP) is 3.59. The molecule has 1 saturated carbocycles. The number of piperazine rings is 1. The molecular formula is C39H44N10O4S. The molecule has 0 radical (unpaired) electrons. The van der Waals surface area contributed by atoms with Crippen molar-refractivity contribution in [1.29, 1.82) is 0 Å². The predicted molar refractivity (Wildman–Crippen MR) is 210 cm³/mol. The fourth-order valence-corrected chi connectivity index (χ4v) is 10.8. The van der Waals surface area contributed by atoms with E-state index in [0.29, 0.717) is 29.3 Å². The van der Waals surface area contributed by atoms with Gasteiger partial charge in [0.25, 0.3) is 5.91 Å². The molecular weight excluding hydrogens is 705 g/mol. The van der Waals surface area contributed by atoms with E-state index in [1.807, 2.05) is 25.3 Å². The van der Waals surface area contributed by atoms with E-state index in [9.17, 15) is 19.2 Å². The number of fused-ring (bicyclic) bond motifs is 6. The largest absolute Gasteiger partial charge is 0.381 e. The van der Waals surface area contributed by atoms with Crippen LogP contribution in [0.25, 0.3) is 32.2 Å². The van der Waals surface area contributed by atoms with Crippen molar-refractivity contribution in [3.05, 3.63) is 51.9 Å². The van der Waals surface area contributed by atoms with Gasteiger partial charge in [-0.3, -0.25) is 33.7 Å². The molecule has 1 aliphatic carbocycles. The molecule has 3 saturated heterocycles. The van der Waals surface area contributed by atoms with Crippen molar-refractivity contribution in [3.63, 3.8) is 0 Å². The number of nitrogens with one attached hydrogen (secondary N) is 3. The Labute approximate surface area is 315 Å². The van der Waals surface area contributed by atoms with Crippen LogP contribution in [0.4, 0.5) is 17.2 Å². The van der Waals surface area contributed by atoms with Crippen LogP contribution >= 0.6 is 11.3 Å². The average molecular weight is 749 g/mol. The third-order valence-electron chi connectivity index (χ3n) is 12.8. The van der Waals surface area contributed by atoms with Gasteiger partial charge in [0.05, 0.1) is 34.0 Å². The first-order valence-electron chi connectivity index (χ1n) is 19.2. The molecule has 280 valence electrons. The van der Waals surface area contributed by atoms with Crippen molar-refractivity contribution in [1.82, 2.24) is 34.6 Å². The van der Waals surface area contributed by atoms with Crippen LogP contribution < -0.4 is 31.4 Å². The first kappa shape index (κ1) is 33.5. The molecule has 10 rings (SSSR count). The lowest BCUT2D eigenvalue weighted by atomic mass is 9.60. The van der Waals surface area contributed by atoms with Gasteiger partial charge in [-0.2, -0.15) is 0 Å². The summed E-state index contributed by atoms with van der Waals surface area (Å²) in [5, 5.41) is 9.92. The van der Waals surface area contributed by atoms with E-state index in [1.54, 1.807) is 16.2 Å². The van der Waals surface area contributed by atoms with Crippen molar-refractivity contribution in [2.45, 2.75) is 63.6 Å². The SMILES string of the molecule is C[C@@H]1CNc2c(sc3ccc4nc(N5CCN(C6CC7(CCN(c8ccc9c(c8)n(C)c(=O)n9C8CCC(=O)NC8=O)CC7)C6)CC5)cnc4c23)C(=O)N1. The summed E-state index contributed by atoms with van der Waals surface area (Å²) in [4.78, 5) is 68.6. The van der Waals surface area contributed by atoms with Crippen molar-refractivity contribution in [3.8, 4) is 0 Å². The number of piperidine rings is 2. The Balaban J connectivity index is 0.762. The van der Waals surface area contributed by atoms with Gasteiger partial charge in [0.15, 0.2) is 0 Å². The maximum absolute atomic E-state index is 13.3. The van der Waals surface area contributed by atoms with E-state index in [1.165, 1.54) is 24.2 Å². The van der Waals surface area contributed by atoms with Crippen LogP contribution in [0.5, 0.6) is 0 Å². The molecule has 3 N–H and O–H groups in total. The van der Waals surface area contributed by atoms with Gasteiger partial charge in [-0.1, -0.05) is 0 Å². The van der Waals surface area contributed by atoms with Crippen LogP contribution in [0.15, 0.2) is 41.3 Å². The molecule has 0 bridgehead atoms. The quantitative estimate of drug-likeness (QED) is 0.233. The number of anilines is 3. The van der Waals surface area contributed by atoms with Crippen LogP contribution in [-0.2, 0) is 16.6 Å². The zero-order chi connectivity index (χ0) is 36.9. The summed E-state index contributed by atoms with van der Waals surface area (Å²) < 4.78 is 4.20. The third-order valence-corrected chi connectivity index (χ3v) is 13.9. The van der Waals surface area contributed by atoms with Gasteiger partial charge >= 0.3 is 5.69 Å². The fraction of sp³-hybridized carbons (Fsp3) is 0.487. The van der Waals surface area contributed by atoms with Gasteiger partial charge < -0.3 is 20.4 Å². The van der Waals surface area contributed by atoms with Crippen LogP contribution in [0.2, 0.25) is 0 Å². The van der Waals surface area contributed by atoms with Crippen molar-refractivity contribution in [2.24, 2.45) is 12.5 Å². The maximum atomic E-state index is 13.3. The molecule has 4 aliphatic heterocycles. The summed E-state index contributed by atoms with van der Waals surface area (Å²) in [6, 6.07) is 10.2. The first-order valence-corrected chi connectivity index (χ1v) is 20.0. The minimum absolute atomic E-state index is 0.0345. The number of thiophene rings is 1. The molecule has 3 amide bonds. The van der Waals surface area contributed by atoms with E-state index < -0.39 is 11.9 Å².